The van der Waals surface area contributed by atoms with Crippen molar-refractivity contribution in [3.63, 3.8) is 0 Å². The summed E-state index contributed by atoms with van der Waals surface area (Å²) in [4.78, 5) is 25.1. The number of rotatable bonds is 17. The number of hydrogen-bond donors (Lipinski definition) is 4. The van der Waals surface area contributed by atoms with Crippen LogP contribution in [0, 0.1) is 11.3 Å². The molecule has 2 rings (SSSR count). The van der Waals surface area contributed by atoms with Crippen molar-refractivity contribution in [3.05, 3.63) is 23.8 Å². The highest BCUT2D eigenvalue weighted by atomic mass is 16.6. The number of hydrogen-bond acceptors (Lipinski definition) is 9. The number of aliphatic hydroxyl groups is 1. The number of likely N-dealkylation sites (N-methyl/N-ethyl adjacent to an activating group) is 1. The van der Waals surface area contributed by atoms with Crippen LogP contribution in [0.25, 0.3) is 0 Å². The highest BCUT2D eigenvalue weighted by Crippen LogP contribution is 2.43. The maximum Gasteiger partial charge on any atom is 0.320 e. The minimum atomic E-state index is -0.493. The van der Waals surface area contributed by atoms with E-state index in [1.807, 2.05) is 12.1 Å². The van der Waals surface area contributed by atoms with Crippen LogP contribution in [0.3, 0.4) is 0 Å². The van der Waals surface area contributed by atoms with Crippen molar-refractivity contribution in [2.24, 2.45) is 11.3 Å². The van der Waals surface area contributed by atoms with Crippen molar-refractivity contribution in [3.8, 4) is 11.5 Å². The number of nitrogens with one attached hydrogen (secondary N) is 2. The third kappa shape index (κ3) is 9.75. The van der Waals surface area contributed by atoms with Gasteiger partial charge in [0.15, 0.2) is 11.5 Å². The van der Waals surface area contributed by atoms with Crippen LogP contribution in [0.2, 0.25) is 0 Å². The monoisotopic (exact) mass is 536 g/mol. The summed E-state index contributed by atoms with van der Waals surface area (Å²) in [5.41, 5.74) is 0.574. The quantitative estimate of drug-likeness (QED) is 0.222. The first-order chi connectivity index (χ1) is 18.3. The lowest BCUT2D eigenvalue weighted by Gasteiger charge is -2.45. The largest absolute Gasteiger partial charge is 0.504 e. The van der Waals surface area contributed by atoms with Gasteiger partial charge in [-0.15, -0.1) is 0 Å². The SMILES string of the molecule is CCCCC(CCCO)C(CC(OC(=O)CNC)C1(Cc2ccc(O)c(OC)c2)CCNCC1)OC(C)=O. The Bertz CT molecular complexity index is 849. The van der Waals surface area contributed by atoms with Crippen molar-refractivity contribution >= 4 is 11.9 Å². The van der Waals surface area contributed by atoms with E-state index in [9.17, 15) is 19.8 Å². The van der Waals surface area contributed by atoms with Crippen molar-refractivity contribution < 1.29 is 34.0 Å². The van der Waals surface area contributed by atoms with Crippen molar-refractivity contribution in [1.82, 2.24) is 10.6 Å². The number of methoxy groups -OCH3 is 1. The number of phenols is 1. The van der Waals surface area contributed by atoms with E-state index in [-0.39, 0.29) is 36.8 Å². The van der Waals surface area contributed by atoms with Crippen LogP contribution < -0.4 is 15.4 Å². The Labute approximate surface area is 227 Å². The van der Waals surface area contributed by atoms with Gasteiger partial charge in [-0.1, -0.05) is 25.8 Å². The van der Waals surface area contributed by atoms with Gasteiger partial charge >= 0.3 is 11.9 Å². The van der Waals surface area contributed by atoms with Crippen LogP contribution in [0.1, 0.15) is 70.8 Å². The molecule has 9 heteroatoms. The molecule has 216 valence electrons. The molecular weight excluding hydrogens is 488 g/mol. The van der Waals surface area contributed by atoms with E-state index in [2.05, 4.69) is 17.6 Å². The molecule has 1 aliphatic rings. The summed E-state index contributed by atoms with van der Waals surface area (Å²) >= 11 is 0. The van der Waals surface area contributed by atoms with Crippen LogP contribution in [-0.2, 0) is 25.5 Å². The van der Waals surface area contributed by atoms with E-state index in [1.165, 1.54) is 14.0 Å². The summed E-state index contributed by atoms with van der Waals surface area (Å²) in [6.45, 7) is 5.26. The third-order valence-corrected chi connectivity index (χ3v) is 7.63. The van der Waals surface area contributed by atoms with Crippen molar-refractivity contribution in [2.75, 3.05) is 40.4 Å². The zero-order chi connectivity index (χ0) is 28.0. The predicted molar refractivity (Wildman–Crippen MR) is 146 cm³/mol. The number of esters is 2. The standard InChI is InChI=1S/C29H48N2O7/c1-5-6-8-23(9-7-16-32)25(37-21(2)33)18-27(38-28(35)20-30-3)29(12-14-31-15-13-29)19-22-10-11-24(34)26(17-22)36-4/h10-11,17,23,25,27,30-32,34H,5-9,12-16,18-20H2,1-4H3. The molecule has 1 aliphatic heterocycles. The van der Waals surface area contributed by atoms with Crippen molar-refractivity contribution in [2.45, 2.75) is 83.8 Å². The van der Waals surface area contributed by atoms with Gasteiger partial charge in [0.2, 0.25) is 0 Å². The molecule has 9 nitrogen and oxygen atoms in total. The molecule has 1 saturated heterocycles. The Hall–Kier alpha value is -2.36. The molecule has 0 radical (unpaired) electrons. The fourth-order valence-corrected chi connectivity index (χ4v) is 5.64. The highest BCUT2D eigenvalue weighted by molar-refractivity contribution is 5.72. The highest BCUT2D eigenvalue weighted by Gasteiger charge is 2.45. The Morgan fingerprint density at radius 1 is 1.16 bits per heavy atom. The van der Waals surface area contributed by atoms with Gasteiger partial charge in [0, 0.05) is 25.4 Å². The lowest BCUT2D eigenvalue weighted by molar-refractivity contribution is -0.166. The first-order valence-corrected chi connectivity index (χ1v) is 14.0. The number of carbonyl (C=O) groups is 2. The molecule has 0 bridgehead atoms. The van der Waals surface area contributed by atoms with Crippen molar-refractivity contribution in [1.29, 1.82) is 0 Å². The zero-order valence-corrected chi connectivity index (χ0v) is 23.6. The van der Waals surface area contributed by atoms with E-state index >= 15 is 0 Å². The van der Waals surface area contributed by atoms with Gasteiger partial charge in [-0.2, -0.15) is 0 Å². The van der Waals surface area contributed by atoms with Crippen LogP contribution in [0.5, 0.6) is 11.5 Å². The maximum atomic E-state index is 12.9. The van der Waals surface area contributed by atoms with Crippen LogP contribution in [0.15, 0.2) is 18.2 Å². The number of aromatic hydroxyl groups is 1. The smallest absolute Gasteiger partial charge is 0.320 e. The molecule has 0 aromatic heterocycles. The Balaban J connectivity index is 2.48. The Morgan fingerprint density at radius 2 is 1.87 bits per heavy atom. The average molecular weight is 537 g/mol. The molecule has 0 amide bonds. The molecule has 38 heavy (non-hydrogen) atoms. The normalized spacial score (nSPS) is 17.3. The Kier molecular flexibility index (Phi) is 13.9. The van der Waals surface area contributed by atoms with Crippen LogP contribution in [-0.4, -0.2) is 74.8 Å². The summed E-state index contributed by atoms with van der Waals surface area (Å²) in [7, 11) is 3.23. The number of benzene rings is 1. The molecule has 3 atom stereocenters. The zero-order valence-electron chi connectivity index (χ0n) is 23.6. The molecule has 1 fully saturated rings. The molecule has 1 aromatic carbocycles. The van der Waals surface area contributed by atoms with Gasteiger partial charge in [0.05, 0.1) is 13.7 Å². The summed E-state index contributed by atoms with van der Waals surface area (Å²) in [6, 6.07) is 5.34. The number of phenolic OH excluding ortho intramolecular Hbond substituents is 1. The summed E-state index contributed by atoms with van der Waals surface area (Å²) in [6.07, 6.45) is 5.86. The second-order valence-corrected chi connectivity index (χ2v) is 10.5. The van der Waals surface area contributed by atoms with Gasteiger partial charge < -0.3 is 35.1 Å². The van der Waals surface area contributed by atoms with Gasteiger partial charge in [-0.25, -0.2) is 0 Å². The van der Waals surface area contributed by atoms with E-state index in [1.54, 1.807) is 13.1 Å². The van der Waals surface area contributed by atoms with Gasteiger partial charge in [-0.05, 0) is 82.3 Å². The minimum absolute atomic E-state index is 0.0593. The molecule has 3 unspecified atom stereocenters. The summed E-state index contributed by atoms with van der Waals surface area (Å²) < 4.78 is 17.5. The number of ether oxygens (including phenoxy) is 3. The molecule has 1 heterocycles. The van der Waals surface area contributed by atoms with E-state index in [0.29, 0.717) is 25.0 Å². The fourth-order valence-electron chi connectivity index (χ4n) is 5.64. The molecule has 0 spiro atoms. The number of piperidine rings is 1. The van der Waals surface area contributed by atoms with E-state index in [4.69, 9.17) is 14.2 Å². The van der Waals surface area contributed by atoms with E-state index < -0.39 is 17.6 Å². The fraction of sp³-hybridized carbons (Fsp3) is 0.724. The Morgan fingerprint density at radius 3 is 2.47 bits per heavy atom. The van der Waals surface area contributed by atoms with Crippen LogP contribution >= 0.6 is 0 Å². The van der Waals surface area contributed by atoms with Gasteiger partial charge in [0.1, 0.15) is 12.2 Å². The first-order valence-electron chi connectivity index (χ1n) is 14.0. The number of aliphatic hydroxyl groups excluding tert-OH is 1. The lowest BCUT2D eigenvalue weighted by Crippen LogP contribution is -2.50. The predicted octanol–water partition coefficient (Wildman–Crippen LogP) is 3.35. The number of unbranched alkanes of at least 4 members (excludes halogenated alkanes) is 1. The topological polar surface area (TPSA) is 126 Å². The molecule has 4 N–H and O–H groups in total. The average Bonchev–Trinajstić information content (AvgIpc) is 2.89. The second-order valence-electron chi connectivity index (χ2n) is 10.5. The third-order valence-electron chi connectivity index (χ3n) is 7.63. The minimum Gasteiger partial charge on any atom is -0.504 e. The summed E-state index contributed by atoms with van der Waals surface area (Å²) in [5, 5.41) is 25.9. The molecular formula is C29H48N2O7. The molecule has 0 saturated carbocycles. The van der Waals surface area contributed by atoms with E-state index in [0.717, 1.165) is 57.2 Å². The first kappa shape index (κ1) is 31.9. The summed E-state index contributed by atoms with van der Waals surface area (Å²) in [5.74, 6) is -0.171. The maximum absolute atomic E-state index is 12.9. The number of carbonyl (C=O) groups excluding carboxylic acids is 2. The van der Waals surface area contributed by atoms with Gasteiger partial charge in [-0.3, -0.25) is 9.59 Å². The van der Waals surface area contributed by atoms with Crippen LogP contribution in [0.4, 0.5) is 0 Å². The second kappa shape index (κ2) is 16.6. The molecule has 1 aromatic rings. The molecule has 0 aliphatic carbocycles. The lowest BCUT2D eigenvalue weighted by atomic mass is 9.68. The van der Waals surface area contributed by atoms with Gasteiger partial charge in [0.25, 0.3) is 0 Å².